The molecule has 1 amide bonds. The van der Waals surface area contributed by atoms with Crippen LogP contribution in [0.2, 0.25) is 0 Å². The Labute approximate surface area is 116 Å². The zero-order chi connectivity index (χ0) is 13.6. The van der Waals surface area contributed by atoms with Gasteiger partial charge in [0.25, 0.3) is 0 Å². The van der Waals surface area contributed by atoms with Gasteiger partial charge in [-0.05, 0) is 56.5 Å². The Kier molecular flexibility index (Phi) is 5.64. The van der Waals surface area contributed by atoms with Crippen LogP contribution in [0.4, 0.5) is 0 Å². The van der Waals surface area contributed by atoms with Gasteiger partial charge in [0.1, 0.15) is 0 Å². The van der Waals surface area contributed by atoms with Gasteiger partial charge < -0.3 is 15.4 Å². The average Bonchev–Trinajstić information content (AvgIpc) is 2.45. The monoisotopic (exact) mass is 268 g/mol. The van der Waals surface area contributed by atoms with E-state index >= 15 is 0 Å². The number of carbonyl (C=O) groups excluding carboxylic acids is 1. The molecule has 2 N–H and O–H groups in total. The molecule has 0 atom stereocenters. The molecule has 2 heterocycles. The Balaban J connectivity index is 1.61. The van der Waals surface area contributed by atoms with Gasteiger partial charge in [-0.15, -0.1) is 0 Å². The van der Waals surface area contributed by atoms with E-state index in [-0.39, 0.29) is 11.3 Å². The summed E-state index contributed by atoms with van der Waals surface area (Å²) in [5, 5.41) is 6.49. The maximum Gasteiger partial charge on any atom is 0.220 e. The predicted octanol–water partition coefficient (Wildman–Crippen LogP) is 1.70. The highest BCUT2D eigenvalue weighted by Gasteiger charge is 2.27. The number of amides is 1. The van der Waals surface area contributed by atoms with Crippen molar-refractivity contribution in [2.45, 2.75) is 45.4 Å². The molecule has 2 aliphatic rings. The third-order valence-electron chi connectivity index (χ3n) is 4.65. The summed E-state index contributed by atoms with van der Waals surface area (Å²) in [7, 11) is 0. The molecular weight excluding hydrogens is 240 g/mol. The highest BCUT2D eigenvalue weighted by Crippen LogP contribution is 2.28. The number of hydrogen-bond acceptors (Lipinski definition) is 3. The van der Waals surface area contributed by atoms with Crippen LogP contribution in [-0.2, 0) is 9.53 Å². The van der Waals surface area contributed by atoms with Crippen molar-refractivity contribution < 1.29 is 9.53 Å². The van der Waals surface area contributed by atoms with Crippen molar-refractivity contribution in [3.63, 3.8) is 0 Å². The molecule has 110 valence electrons. The second-order valence-electron chi connectivity index (χ2n) is 6.43. The van der Waals surface area contributed by atoms with E-state index in [1.54, 1.807) is 0 Å². The van der Waals surface area contributed by atoms with E-state index in [4.69, 9.17) is 4.74 Å². The smallest absolute Gasteiger partial charge is 0.220 e. The van der Waals surface area contributed by atoms with E-state index in [9.17, 15) is 4.79 Å². The number of piperidine rings is 1. The molecule has 0 unspecified atom stereocenters. The molecule has 2 aliphatic heterocycles. The Morgan fingerprint density at radius 1 is 1.32 bits per heavy atom. The molecule has 2 rings (SSSR count). The molecule has 4 heteroatoms. The molecule has 0 aromatic heterocycles. The van der Waals surface area contributed by atoms with Crippen LogP contribution < -0.4 is 10.6 Å². The van der Waals surface area contributed by atoms with Crippen LogP contribution in [-0.4, -0.2) is 38.8 Å². The molecule has 2 fully saturated rings. The van der Waals surface area contributed by atoms with E-state index < -0.39 is 0 Å². The third-order valence-corrected chi connectivity index (χ3v) is 4.65. The van der Waals surface area contributed by atoms with Crippen LogP contribution in [0.3, 0.4) is 0 Å². The summed E-state index contributed by atoms with van der Waals surface area (Å²) in [6.45, 7) is 6.96. The van der Waals surface area contributed by atoms with Crippen molar-refractivity contribution in [2.75, 3.05) is 32.8 Å². The fourth-order valence-electron chi connectivity index (χ4n) is 2.95. The van der Waals surface area contributed by atoms with Gasteiger partial charge in [0.05, 0.1) is 0 Å². The minimum atomic E-state index is 0.228. The molecule has 0 aromatic carbocycles. The first-order valence-electron chi connectivity index (χ1n) is 7.73. The van der Waals surface area contributed by atoms with Crippen molar-refractivity contribution >= 4 is 5.91 Å². The average molecular weight is 268 g/mol. The van der Waals surface area contributed by atoms with Gasteiger partial charge in [-0.25, -0.2) is 0 Å². The van der Waals surface area contributed by atoms with Crippen LogP contribution >= 0.6 is 0 Å². The molecule has 4 nitrogen and oxygen atoms in total. The second kappa shape index (κ2) is 7.25. The molecule has 2 saturated heterocycles. The van der Waals surface area contributed by atoms with Gasteiger partial charge in [0.15, 0.2) is 0 Å². The van der Waals surface area contributed by atoms with Crippen molar-refractivity contribution in [1.82, 2.24) is 10.6 Å². The van der Waals surface area contributed by atoms with Gasteiger partial charge in [0.2, 0.25) is 5.91 Å². The van der Waals surface area contributed by atoms with Crippen molar-refractivity contribution in [3.8, 4) is 0 Å². The number of hydrogen-bond donors (Lipinski definition) is 2. The van der Waals surface area contributed by atoms with Gasteiger partial charge in [0, 0.05) is 26.2 Å². The zero-order valence-electron chi connectivity index (χ0n) is 12.2. The van der Waals surface area contributed by atoms with Crippen LogP contribution in [0.5, 0.6) is 0 Å². The predicted molar refractivity (Wildman–Crippen MR) is 76.0 cm³/mol. The lowest BCUT2D eigenvalue weighted by atomic mass is 9.82. The minimum absolute atomic E-state index is 0.228. The molecule has 0 bridgehead atoms. The summed E-state index contributed by atoms with van der Waals surface area (Å²) in [6, 6.07) is 0. The van der Waals surface area contributed by atoms with Gasteiger partial charge in [-0.1, -0.05) is 6.92 Å². The molecule has 0 spiro atoms. The van der Waals surface area contributed by atoms with E-state index in [1.165, 1.54) is 12.8 Å². The Morgan fingerprint density at radius 2 is 2.00 bits per heavy atom. The SMILES string of the molecule is CC1(CNC(=O)CCC2CCNCC2)CCOCC1. The first-order valence-corrected chi connectivity index (χ1v) is 7.73. The largest absolute Gasteiger partial charge is 0.381 e. The molecule has 0 radical (unpaired) electrons. The number of rotatable bonds is 5. The standard InChI is InChI=1S/C15H28N2O2/c1-15(6-10-19-11-7-15)12-17-14(18)3-2-13-4-8-16-9-5-13/h13,16H,2-12H2,1H3,(H,17,18). The van der Waals surface area contributed by atoms with Gasteiger partial charge in [-0.3, -0.25) is 4.79 Å². The summed E-state index contributed by atoms with van der Waals surface area (Å²) in [4.78, 5) is 11.9. The van der Waals surface area contributed by atoms with Gasteiger partial charge >= 0.3 is 0 Å². The van der Waals surface area contributed by atoms with E-state index in [2.05, 4.69) is 17.6 Å². The first kappa shape index (κ1) is 14.8. The van der Waals surface area contributed by atoms with Crippen molar-refractivity contribution in [2.24, 2.45) is 11.3 Å². The molecule has 0 saturated carbocycles. The second-order valence-corrected chi connectivity index (χ2v) is 6.43. The number of nitrogens with one attached hydrogen (secondary N) is 2. The van der Waals surface area contributed by atoms with Crippen molar-refractivity contribution in [3.05, 3.63) is 0 Å². The fraction of sp³-hybridized carbons (Fsp3) is 0.933. The maximum absolute atomic E-state index is 11.9. The molecular formula is C15H28N2O2. The van der Waals surface area contributed by atoms with E-state index in [1.807, 2.05) is 0 Å². The molecule has 0 aliphatic carbocycles. The molecule has 0 aromatic rings. The lowest BCUT2D eigenvalue weighted by molar-refractivity contribution is -0.122. The summed E-state index contributed by atoms with van der Waals surface area (Å²) in [6.07, 6.45) is 6.30. The van der Waals surface area contributed by atoms with Crippen LogP contribution in [0.1, 0.15) is 45.4 Å². The third kappa shape index (κ3) is 5.11. The summed E-state index contributed by atoms with van der Waals surface area (Å²) in [5.41, 5.74) is 0.239. The maximum atomic E-state index is 11.9. The lowest BCUT2D eigenvalue weighted by Crippen LogP contribution is -2.39. The van der Waals surface area contributed by atoms with Crippen LogP contribution in [0.25, 0.3) is 0 Å². The fourth-order valence-corrected chi connectivity index (χ4v) is 2.95. The number of ether oxygens (including phenoxy) is 1. The van der Waals surface area contributed by atoms with Gasteiger partial charge in [-0.2, -0.15) is 0 Å². The first-order chi connectivity index (χ1) is 9.18. The quantitative estimate of drug-likeness (QED) is 0.798. The topological polar surface area (TPSA) is 50.4 Å². The minimum Gasteiger partial charge on any atom is -0.381 e. The van der Waals surface area contributed by atoms with Crippen LogP contribution in [0.15, 0.2) is 0 Å². The summed E-state index contributed by atoms with van der Waals surface area (Å²) in [5.74, 6) is 0.969. The summed E-state index contributed by atoms with van der Waals surface area (Å²) < 4.78 is 5.38. The lowest BCUT2D eigenvalue weighted by Gasteiger charge is -2.33. The molecule has 19 heavy (non-hydrogen) atoms. The summed E-state index contributed by atoms with van der Waals surface area (Å²) >= 11 is 0. The van der Waals surface area contributed by atoms with E-state index in [0.717, 1.165) is 58.0 Å². The highest BCUT2D eigenvalue weighted by molar-refractivity contribution is 5.75. The Bertz CT molecular complexity index is 282. The highest BCUT2D eigenvalue weighted by atomic mass is 16.5. The Hall–Kier alpha value is -0.610. The zero-order valence-corrected chi connectivity index (χ0v) is 12.2. The normalized spacial score (nSPS) is 24.1. The van der Waals surface area contributed by atoms with Crippen LogP contribution in [0, 0.1) is 11.3 Å². The number of carbonyl (C=O) groups is 1. The Morgan fingerprint density at radius 3 is 2.68 bits per heavy atom. The van der Waals surface area contributed by atoms with Crippen molar-refractivity contribution in [1.29, 1.82) is 0 Å². The van der Waals surface area contributed by atoms with E-state index in [0.29, 0.717) is 6.42 Å².